The molecule has 1 aromatic heterocycles. The molecule has 0 radical (unpaired) electrons. The summed E-state index contributed by atoms with van der Waals surface area (Å²) in [5.41, 5.74) is 0.955. The number of fused-ring (bicyclic) bond motifs is 1. The third-order valence-corrected chi connectivity index (χ3v) is 8.12. The molecule has 1 amide bonds. The van der Waals surface area contributed by atoms with Crippen LogP contribution in [-0.2, 0) is 21.4 Å². The van der Waals surface area contributed by atoms with Gasteiger partial charge in [0.2, 0.25) is 10.0 Å². The summed E-state index contributed by atoms with van der Waals surface area (Å²) in [5, 5.41) is 0.644. The lowest BCUT2D eigenvalue weighted by molar-refractivity contribution is -0.128. The van der Waals surface area contributed by atoms with Crippen LogP contribution in [0.1, 0.15) is 12.0 Å². The number of carbonyl (C=O) groups excluding carboxylic acids is 1. The number of rotatable bonds is 6. The molecule has 1 atom stereocenters. The van der Waals surface area contributed by atoms with Gasteiger partial charge < -0.3 is 4.90 Å². The van der Waals surface area contributed by atoms with E-state index in [0.717, 1.165) is 12.1 Å². The summed E-state index contributed by atoms with van der Waals surface area (Å²) in [4.78, 5) is 20.7. The number of sulfonamides is 1. The van der Waals surface area contributed by atoms with Gasteiger partial charge in [-0.25, -0.2) is 26.3 Å². The predicted molar refractivity (Wildman–Crippen MR) is 136 cm³/mol. The summed E-state index contributed by atoms with van der Waals surface area (Å²) in [5.74, 6) is -2.38. The van der Waals surface area contributed by atoms with E-state index < -0.39 is 33.5 Å². The molecule has 38 heavy (non-hydrogen) atoms. The van der Waals surface area contributed by atoms with E-state index >= 15 is 0 Å². The number of amides is 1. The topological polar surface area (TPSA) is 82.6 Å². The van der Waals surface area contributed by atoms with Gasteiger partial charge in [0.15, 0.2) is 0 Å². The summed E-state index contributed by atoms with van der Waals surface area (Å²) < 4.78 is 70.4. The summed E-state index contributed by atoms with van der Waals surface area (Å²) in [6.07, 6.45) is 4.07. The Morgan fingerprint density at radius 1 is 1.00 bits per heavy atom. The maximum atomic E-state index is 15.0. The quantitative estimate of drug-likeness (QED) is 0.514. The van der Waals surface area contributed by atoms with Crippen LogP contribution in [-0.4, -0.2) is 61.3 Å². The van der Waals surface area contributed by atoms with E-state index in [2.05, 4.69) is 9.71 Å². The first-order chi connectivity index (χ1) is 18.2. The molecule has 1 fully saturated rings. The fourth-order valence-electron chi connectivity index (χ4n) is 4.71. The molecule has 2 heterocycles. The molecule has 0 spiro atoms. The Morgan fingerprint density at radius 2 is 1.71 bits per heavy atom. The van der Waals surface area contributed by atoms with Gasteiger partial charge in [0, 0.05) is 55.9 Å². The van der Waals surface area contributed by atoms with Crippen molar-refractivity contribution in [2.24, 2.45) is 0 Å². The van der Waals surface area contributed by atoms with Crippen molar-refractivity contribution in [3.8, 4) is 0 Å². The third kappa shape index (κ3) is 5.64. The number of pyridine rings is 1. The normalized spacial score (nSPS) is 18.8. The van der Waals surface area contributed by atoms with E-state index in [4.69, 9.17) is 0 Å². The van der Waals surface area contributed by atoms with Crippen molar-refractivity contribution in [3.63, 3.8) is 0 Å². The van der Waals surface area contributed by atoms with E-state index in [1.165, 1.54) is 30.5 Å². The number of aromatic nitrogens is 1. The molecule has 0 saturated carbocycles. The third-order valence-electron chi connectivity index (χ3n) is 6.62. The Kier molecular flexibility index (Phi) is 7.33. The minimum Gasteiger partial charge on any atom is -0.336 e. The first kappa shape index (κ1) is 26.1. The van der Waals surface area contributed by atoms with Crippen LogP contribution >= 0.6 is 0 Å². The fraction of sp³-hybridized carbons (Fsp3) is 0.259. The minimum absolute atomic E-state index is 0.0219. The van der Waals surface area contributed by atoms with Gasteiger partial charge in [-0.1, -0.05) is 24.3 Å². The Balaban J connectivity index is 1.20. The van der Waals surface area contributed by atoms with Crippen LogP contribution in [0.5, 0.6) is 0 Å². The molecule has 2 aromatic carbocycles. The Labute approximate surface area is 218 Å². The van der Waals surface area contributed by atoms with Crippen molar-refractivity contribution in [1.82, 2.24) is 19.5 Å². The highest BCUT2D eigenvalue weighted by atomic mass is 32.2. The molecule has 11 heteroatoms. The Morgan fingerprint density at radius 3 is 2.42 bits per heavy atom. The zero-order valence-corrected chi connectivity index (χ0v) is 21.1. The lowest BCUT2D eigenvalue weighted by atomic mass is 10.0. The average molecular weight is 543 g/mol. The number of hydrogen-bond acceptors (Lipinski definition) is 5. The van der Waals surface area contributed by atoms with Crippen LogP contribution in [0.15, 0.2) is 83.2 Å². The maximum Gasteiger partial charge on any atom is 0.253 e. The van der Waals surface area contributed by atoms with Gasteiger partial charge in [0.05, 0.1) is 11.6 Å². The van der Waals surface area contributed by atoms with Crippen LogP contribution in [0.25, 0.3) is 10.9 Å². The van der Waals surface area contributed by atoms with Gasteiger partial charge in [0.25, 0.3) is 5.91 Å². The molecular formula is C27H25F3N4O3S. The van der Waals surface area contributed by atoms with Crippen LogP contribution in [0.2, 0.25) is 0 Å². The second-order valence-corrected chi connectivity index (χ2v) is 11.0. The van der Waals surface area contributed by atoms with Gasteiger partial charge in [-0.2, -0.15) is 0 Å². The number of benzene rings is 2. The van der Waals surface area contributed by atoms with Gasteiger partial charge in [-0.15, -0.1) is 0 Å². The lowest BCUT2D eigenvalue weighted by Gasteiger charge is -2.35. The van der Waals surface area contributed by atoms with Gasteiger partial charge in [-0.3, -0.25) is 14.7 Å². The molecular weight excluding hydrogens is 517 g/mol. The Hall–Kier alpha value is -3.54. The maximum absolute atomic E-state index is 15.0. The van der Waals surface area contributed by atoms with Crippen molar-refractivity contribution >= 4 is 26.8 Å². The largest absolute Gasteiger partial charge is 0.336 e. The number of para-hydroxylation sites is 1. The van der Waals surface area contributed by atoms with Gasteiger partial charge in [0.1, 0.15) is 22.4 Å². The highest BCUT2D eigenvalue weighted by Gasteiger charge is 2.30. The molecule has 1 aliphatic carbocycles. The first-order valence-electron chi connectivity index (χ1n) is 12.1. The number of nitrogens with zero attached hydrogens (tertiary/aromatic N) is 3. The molecule has 2 aliphatic rings. The molecule has 0 bridgehead atoms. The van der Waals surface area contributed by atoms with Crippen molar-refractivity contribution in [2.75, 3.05) is 26.2 Å². The second kappa shape index (κ2) is 10.7. The summed E-state index contributed by atoms with van der Waals surface area (Å²) >= 11 is 0. The predicted octanol–water partition coefficient (Wildman–Crippen LogP) is 3.69. The highest BCUT2D eigenvalue weighted by Crippen LogP contribution is 2.26. The lowest BCUT2D eigenvalue weighted by Crippen LogP contribution is -2.48. The van der Waals surface area contributed by atoms with Crippen molar-refractivity contribution in [2.45, 2.75) is 23.9 Å². The molecule has 1 aliphatic heterocycles. The number of nitrogens with one attached hydrogen (secondary N) is 1. The monoisotopic (exact) mass is 542 g/mol. The van der Waals surface area contributed by atoms with Crippen LogP contribution in [0, 0.1) is 11.6 Å². The number of hydrogen-bond donors (Lipinski definition) is 1. The van der Waals surface area contributed by atoms with Gasteiger partial charge in [-0.05, 0) is 42.3 Å². The molecule has 3 aromatic rings. The SMILES string of the molecule is O=C(C1=CCC(NS(=O)(=O)c2cccc3cccnc23)C(F)=C1)N1CCN(Cc2cc(F)cc(F)c2)CC1. The zero-order valence-electron chi connectivity index (χ0n) is 20.3. The molecule has 1 saturated heterocycles. The molecule has 5 rings (SSSR count). The van der Waals surface area contributed by atoms with Crippen molar-refractivity contribution in [3.05, 3.63) is 95.5 Å². The Bertz CT molecular complexity index is 1520. The van der Waals surface area contributed by atoms with Crippen LogP contribution in [0.4, 0.5) is 13.2 Å². The first-order valence-corrected chi connectivity index (χ1v) is 13.6. The van der Waals surface area contributed by atoms with Crippen LogP contribution < -0.4 is 4.72 Å². The smallest absolute Gasteiger partial charge is 0.253 e. The fourth-order valence-corrected chi connectivity index (χ4v) is 6.11. The van der Waals surface area contributed by atoms with Gasteiger partial charge >= 0.3 is 0 Å². The van der Waals surface area contributed by atoms with E-state index in [0.29, 0.717) is 43.7 Å². The number of carbonyl (C=O) groups is 1. The molecule has 7 nitrogen and oxygen atoms in total. The number of halogens is 3. The highest BCUT2D eigenvalue weighted by molar-refractivity contribution is 7.89. The standard InChI is InChI=1S/C27H25F3N4O3S/c28-21-13-18(14-22(29)16-21)17-33-9-11-34(12-10-33)27(35)20-6-7-24(23(30)15-20)32-38(36,37)25-5-1-3-19-4-2-8-31-26(19)25/h1-6,8,13-16,24,32H,7,9-12,17H2. The van der Waals surface area contributed by atoms with Crippen molar-refractivity contribution < 1.29 is 26.4 Å². The molecule has 1 unspecified atom stereocenters. The molecule has 198 valence electrons. The summed E-state index contributed by atoms with van der Waals surface area (Å²) in [6, 6.07) is 10.4. The van der Waals surface area contributed by atoms with E-state index in [-0.39, 0.29) is 28.3 Å². The van der Waals surface area contributed by atoms with E-state index in [9.17, 15) is 26.4 Å². The minimum atomic E-state index is -4.09. The summed E-state index contributed by atoms with van der Waals surface area (Å²) in [7, 11) is -4.09. The molecule has 1 N–H and O–H groups in total. The van der Waals surface area contributed by atoms with Crippen LogP contribution in [0.3, 0.4) is 0 Å². The second-order valence-electron chi connectivity index (χ2n) is 9.28. The van der Waals surface area contributed by atoms with E-state index in [1.807, 2.05) is 4.90 Å². The zero-order chi connectivity index (χ0) is 26.9. The van der Waals surface area contributed by atoms with E-state index in [1.54, 1.807) is 29.2 Å². The average Bonchev–Trinajstić information content (AvgIpc) is 2.89. The summed E-state index contributed by atoms with van der Waals surface area (Å²) in [6.45, 7) is 2.07. The number of piperazine rings is 1. The van der Waals surface area contributed by atoms with Crippen molar-refractivity contribution in [1.29, 1.82) is 0 Å².